The van der Waals surface area contributed by atoms with Crippen LogP contribution in [0.4, 0.5) is 4.39 Å². The zero-order chi connectivity index (χ0) is 10.0. The lowest BCUT2D eigenvalue weighted by molar-refractivity contribution is 0.612. The summed E-state index contributed by atoms with van der Waals surface area (Å²) in [6.07, 6.45) is 0. The Bertz CT molecular complexity index is 332. The summed E-state index contributed by atoms with van der Waals surface area (Å²) >= 11 is 0. The van der Waals surface area contributed by atoms with Crippen LogP contribution in [-0.4, -0.2) is 24.8 Å². The first kappa shape index (κ1) is 9.71. The molecule has 0 saturated heterocycles. The molecule has 0 fully saturated rings. The molecule has 1 aromatic rings. The molecule has 3 heteroatoms. The molecular formula is C10H13FN2. The third-order valence-electron chi connectivity index (χ3n) is 1.88. The maximum atomic E-state index is 12.9. The molecule has 0 spiro atoms. The summed E-state index contributed by atoms with van der Waals surface area (Å²) in [4.78, 5) is 1.69. The highest BCUT2D eigenvalue weighted by Crippen LogP contribution is 2.10. The van der Waals surface area contributed by atoms with E-state index in [2.05, 4.69) is 0 Å². The molecule has 2 nitrogen and oxygen atoms in total. The van der Waals surface area contributed by atoms with Crippen molar-refractivity contribution in [2.75, 3.05) is 14.1 Å². The molecule has 0 aliphatic rings. The summed E-state index contributed by atoms with van der Waals surface area (Å²) in [6, 6.07) is 4.69. The smallest absolute Gasteiger partial charge is 0.127 e. The van der Waals surface area contributed by atoms with Gasteiger partial charge in [-0.15, -0.1) is 0 Å². The van der Waals surface area contributed by atoms with E-state index in [-0.39, 0.29) is 5.82 Å². The number of nitrogens with zero attached hydrogens (tertiary/aromatic N) is 1. The molecule has 0 aromatic heterocycles. The quantitative estimate of drug-likeness (QED) is 0.519. The topological polar surface area (TPSA) is 27.1 Å². The van der Waals surface area contributed by atoms with Crippen molar-refractivity contribution in [1.82, 2.24) is 4.90 Å². The van der Waals surface area contributed by atoms with Gasteiger partial charge in [0.1, 0.15) is 11.7 Å². The van der Waals surface area contributed by atoms with E-state index < -0.39 is 0 Å². The van der Waals surface area contributed by atoms with Crippen LogP contribution in [0.1, 0.15) is 11.1 Å². The Hall–Kier alpha value is -1.38. The predicted octanol–water partition coefficient (Wildman–Crippen LogP) is 2.02. The predicted molar refractivity (Wildman–Crippen MR) is 51.7 cm³/mol. The van der Waals surface area contributed by atoms with Gasteiger partial charge in [0, 0.05) is 19.7 Å². The Labute approximate surface area is 77.5 Å². The molecular weight excluding hydrogens is 167 g/mol. The molecule has 0 radical (unpaired) electrons. The number of amidine groups is 1. The molecule has 0 aliphatic carbocycles. The molecule has 0 heterocycles. The molecule has 70 valence electrons. The highest BCUT2D eigenvalue weighted by atomic mass is 19.1. The van der Waals surface area contributed by atoms with Gasteiger partial charge in [0.25, 0.3) is 0 Å². The average Bonchev–Trinajstić information content (AvgIpc) is 2.08. The van der Waals surface area contributed by atoms with Gasteiger partial charge in [-0.05, 0) is 30.7 Å². The number of hydrogen-bond donors (Lipinski definition) is 1. The van der Waals surface area contributed by atoms with Crippen LogP contribution in [0.5, 0.6) is 0 Å². The zero-order valence-electron chi connectivity index (χ0n) is 8.06. The SMILES string of the molecule is Cc1cc(C(=N)N(C)C)ccc1F. The molecule has 1 N–H and O–H groups in total. The fourth-order valence-electron chi connectivity index (χ4n) is 1.05. The second-order valence-corrected chi connectivity index (χ2v) is 3.21. The summed E-state index contributed by atoms with van der Waals surface area (Å²) in [6.45, 7) is 1.70. The Morgan fingerprint density at radius 1 is 1.38 bits per heavy atom. The van der Waals surface area contributed by atoms with E-state index in [9.17, 15) is 4.39 Å². The maximum Gasteiger partial charge on any atom is 0.127 e. The highest BCUT2D eigenvalue weighted by Gasteiger charge is 2.05. The van der Waals surface area contributed by atoms with Crippen LogP contribution in [-0.2, 0) is 0 Å². The molecule has 1 aromatic carbocycles. The normalized spacial score (nSPS) is 9.85. The lowest BCUT2D eigenvalue weighted by Gasteiger charge is -2.13. The molecule has 0 aliphatic heterocycles. The second kappa shape index (κ2) is 3.56. The number of nitrogens with one attached hydrogen (secondary N) is 1. The minimum Gasteiger partial charge on any atom is -0.363 e. The lowest BCUT2D eigenvalue weighted by Crippen LogP contribution is -2.21. The van der Waals surface area contributed by atoms with Crippen molar-refractivity contribution in [2.24, 2.45) is 0 Å². The molecule has 0 bridgehead atoms. The molecule has 0 amide bonds. The van der Waals surface area contributed by atoms with Gasteiger partial charge in [-0.3, -0.25) is 5.41 Å². The second-order valence-electron chi connectivity index (χ2n) is 3.21. The van der Waals surface area contributed by atoms with Gasteiger partial charge in [0.2, 0.25) is 0 Å². The highest BCUT2D eigenvalue weighted by molar-refractivity contribution is 5.96. The van der Waals surface area contributed by atoms with E-state index in [0.29, 0.717) is 11.4 Å². The standard InChI is InChI=1S/C10H13FN2/c1-7-6-8(4-5-9(7)11)10(12)13(2)3/h4-6,12H,1-3H3. The minimum absolute atomic E-state index is 0.227. The van der Waals surface area contributed by atoms with Crippen LogP contribution in [0, 0.1) is 18.2 Å². The van der Waals surface area contributed by atoms with Gasteiger partial charge in [-0.25, -0.2) is 4.39 Å². The van der Waals surface area contributed by atoms with Gasteiger partial charge >= 0.3 is 0 Å². The minimum atomic E-state index is -0.227. The number of rotatable bonds is 1. The van der Waals surface area contributed by atoms with Crippen molar-refractivity contribution in [2.45, 2.75) is 6.92 Å². The third-order valence-corrected chi connectivity index (χ3v) is 1.88. The van der Waals surface area contributed by atoms with E-state index in [0.717, 1.165) is 5.56 Å². The molecule has 0 saturated carbocycles. The van der Waals surface area contributed by atoms with Crippen LogP contribution in [0.3, 0.4) is 0 Å². The van der Waals surface area contributed by atoms with Gasteiger partial charge in [-0.2, -0.15) is 0 Å². The van der Waals surface area contributed by atoms with Gasteiger partial charge < -0.3 is 4.90 Å². The molecule has 13 heavy (non-hydrogen) atoms. The summed E-state index contributed by atoms with van der Waals surface area (Å²) < 4.78 is 12.9. The van der Waals surface area contributed by atoms with Crippen LogP contribution in [0.25, 0.3) is 0 Å². The summed E-state index contributed by atoms with van der Waals surface area (Å²) in [7, 11) is 3.59. The Balaban J connectivity index is 3.04. The average molecular weight is 180 g/mol. The first-order valence-electron chi connectivity index (χ1n) is 4.05. The van der Waals surface area contributed by atoms with Crippen LogP contribution >= 0.6 is 0 Å². The molecule has 1 rings (SSSR count). The monoisotopic (exact) mass is 180 g/mol. The van der Waals surface area contributed by atoms with Crippen molar-refractivity contribution < 1.29 is 4.39 Å². The van der Waals surface area contributed by atoms with E-state index in [1.165, 1.54) is 6.07 Å². The molecule has 0 unspecified atom stereocenters. The van der Waals surface area contributed by atoms with Crippen molar-refractivity contribution >= 4 is 5.84 Å². The summed E-state index contributed by atoms with van der Waals surface area (Å²) in [5.74, 6) is 0.165. The first-order valence-corrected chi connectivity index (χ1v) is 4.05. The third kappa shape index (κ3) is 2.05. The molecule has 0 atom stereocenters. The van der Waals surface area contributed by atoms with Crippen molar-refractivity contribution in [3.05, 3.63) is 35.1 Å². The Kier molecular flexibility index (Phi) is 2.66. The van der Waals surface area contributed by atoms with Crippen LogP contribution < -0.4 is 0 Å². The van der Waals surface area contributed by atoms with Crippen molar-refractivity contribution in [1.29, 1.82) is 5.41 Å². The number of halogens is 1. The van der Waals surface area contributed by atoms with E-state index in [1.807, 2.05) is 0 Å². The summed E-state index contributed by atoms with van der Waals surface area (Å²) in [5, 5.41) is 7.66. The lowest BCUT2D eigenvalue weighted by atomic mass is 10.1. The Morgan fingerprint density at radius 3 is 2.46 bits per heavy atom. The van der Waals surface area contributed by atoms with Gasteiger partial charge in [0.05, 0.1) is 0 Å². The largest absolute Gasteiger partial charge is 0.363 e. The zero-order valence-corrected chi connectivity index (χ0v) is 8.06. The number of aryl methyl sites for hydroxylation is 1. The fourth-order valence-corrected chi connectivity index (χ4v) is 1.05. The van der Waals surface area contributed by atoms with Crippen molar-refractivity contribution in [3.8, 4) is 0 Å². The van der Waals surface area contributed by atoms with E-state index >= 15 is 0 Å². The fraction of sp³-hybridized carbons (Fsp3) is 0.300. The first-order chi connectivity index (χ1) is 6.02. The van der Waals surface area contributed by atoms with E-state index in [1.54, 1.807) is 38.1 Å². The van der Waals surface area contributed by atoms with E-state index in [4.69, 9.17) is 5.41 Å². The summed E-state index contributed by atoms with van der Waals surface area (Å²) in [5.41, 5.74) is 1.31. The maximum absolute atomic E-state index is 12.9. The van der Waals surface area contributed by atoms with Crippen LogP contribution in [0.15, 0.2) is 18.2 Å². The van der Waals surface area contributed by atoms with Gasteiger partial charge in [0.15, 0.2) is 0 Å². The Morgan fingerprint density at radius 2 is 2.00 bits per heavy atom. The van der Waals surface area contributed by atoms with Crippen molar-refractivity contribution in [3.63, 3.8) is 0 Å². The number of hydrogen-bond acceptors (Lipinski definition) is 1. The van der Waals surface area contributed by atoms with Crippen LogP contribution in [0.2, 0.25) is 0 Å². The number of benzene rings is 1. The van der Waals surface area contributed by atoms with Gasteiger partial charge in [-0.1, -0.05) is 0 Å².